The molecule has 0 spiro atoms. The van der Waals surface area contributed by atoms with Gasteiger partial charge in [-0.15, -0.1) is 6.58 Å². The van der Waals surface area contributed by atoms with Crippen molar-refractivity contribution in [2.75, 3.05) is 7.11 Å². The van der Waals surface area contributed by atoms with E-state index in [2.05, 4.69) is 32.6 Å². The molecule has 0 aliphatic heterocycles. The molecule has 0 aliphatic carbocycles. The molecule has 1 aromatic carbocycles. The SMILES string of the molecule is C=CC(C)c1cc(C)cc(OC)c1. The maximum absolute atomic E-state index is 5.20. The van der Waals surface area contributed by atoms with E-state index in [0.717, 1.165) is 5.75 Å². The van der Waals surface area contributed by atoms with Gasteiger partial charge < -0.3 is 4.74 Å². The fourth-order valence-corrected chi connectivity index (χ4v) is 1.29. The quantitative estimate of drug-likeness (QED) is 0.642. The zero-order chi connectivity index (χ0) is 9.84. The second kappa shape index (κ2) is 4.13. The van der Waals surface area contributed by atoms with E-state index in [9.17, 15) is 0 Å². The molecule has 1 atom stereocenters. The van der Waals surface area contributed by atoms with Gasteiger partial charge in [-0.1, -0.05) is 19.1 Å². The zero-order valence-electron chi connectivity index (χ0n) is 8.50. The van der Waals surface area contributed by atoms with Gasteiger partial charge in [0.1, 0.15) is 5.75 Å². The van der Waals surface area contributed by atoms with Crippen LogP contribution in [0, 0.1) is 6.92 Å². The van der Waals surface area contributed by atoms with Gasteiger partial charge in [-0.2, -0.15) is 0 Å². The minimum atomic E-state index is 0.383. The van der Waals surface area contributed by atoms with Crippen LogP contribution >= 0.6 is 0 Å². The Hall–Kier alpha value is -1.24. The van der Waals surface area contributed by atoms with E-state index in [0.29, 0.717) is 5.92 Å². The smallest absolute Gasteiger partial charge is 0.119 e. The van der Waals surface area contributed by atoms with E-state index in [1.165, 1.54) is 11.1 Å². The molecule has 0 amide bonds. The van der Waals surface area contributed by atoms with Crippen molar-refractivity contribution in [1.82, 2.24) is 0 Å². The van der Waals surface area contributed by atoms with Crippen LogP contribution in [0.4, 0.5) is 0 Å². The Morgan fingerprint density at radius 2 is 2.08 bits per heavy atom. The van der Waals surface area contributed by atoms with Crippen LogP contribution in [0.3, 0.4) is 0 Å². The van der Waals surface area contributed by atoms with Crippen LogP contribution in [-0.2, 0) is 0 Å². The Morgan fingerprint density at radius 1 is 1.38 bits per heavy atom. The minimum Gasteiger partial charge on any atom is -0.497 e. The van der Waals surface area contributed by atoms with Crippen molar-refractivity contribution >= 4 is 0 Å². The predicted molar refractivity (Wildman–Crippen MR) is 56.3 cm³/mol. The van der Waals surface area contributed by atoms with Gasteiger partial charge in [-0.3, -0.25) is 0 Å². The number of hydrogen-bond donors (Lipinski definition) is 0. The first-order chi connectivity index (χ1) is 6.17. The average molecular weight is 176 g/mol. The van der Waals surface area contributed by atoms with Crippen LogP contribution in [0.2, 0.25) is 0 Å². The lowest BCUT2D eigenvalue weighted by atomic mass is 9.99. The number of methoxy groups -OCH3 is 1. The Bertz CT molecular complexity index is 302. The van der Waals surface area contributed by atoms with E-state index >= 15 is 0 Å². The Kier molecular flexibility index (Phi) is 3.13. The van der Waals surface area contributed by atoms with Crippen molar-refractivity contribution in [2.45, 2.75) is 19.8 Å². The molecule has 1 unspecified atom stereocenters. The van der Waals surface area contributed by atoms with Gasteiger partial charge in [0, 0.05) is 0 Å². The molecule has 70 valence electrons. The molecule has 0 N–H and O–H groups in total. The van der Waals surface area contributed by atoms with E-state index in [-0.39, 0.29) is 0 Å². The van der Waals surface area contributed by atoms with E-state index in [1.54, 1.807) is 7.11 Å². The third-order valence-corrected chi connectivity index (χ3v) is 2.19. The second-order valence-electron chi connectivity index (χ2n) is 3.31. The Balaban J connectivity index is 3.07. The van der Waals surface area contributed by atoms with Crippen LogP contribution in [0.25, 0.3) is 0 Å². The van der Waals surface area contributed by atoms with Crippen LogP contribution in [0.1, 0.15) is 24.0 Å². The molecule has 13 heavy (non-hydrogen) atoms. The largest absolute Gasteiger partial charge is 0.497 e. The number of allylic oxidation sites excluding steroid dienone is 1. The Labute approximate surface area is 80.0 Å². The van der Waals surface area contributed by atoms with Crippen LogP contribution in [-0.4, -0.2) is 7.11 Å². The Morgan fingerprint density at radius 3 is 2.62 bits per heavy atom. The topological polar surface area (TPSA) is 9.23 Å². The third-order valence-electron chi connectivity index (χ3n) is 2.19. The molecular weight excluding hydrogens is 160 g/mol. The summed E-state index contributed by atoms with van der Waals surface area (Å²) in [4.78, 5) is 0. The monoisotopic (exact) mass is 176 g/mol. The molecule has 0 bridgehead atoms. The van der Waals surface area contributed by atoms with E-state index in [4.69, 9.17) is 4.74 Å². The molecule has 0 heterocycles. The summed E-state index contributed by atoms with van der Waals surface area (Å²) >= 11 is 0. The molecule has 1 rings (SSSR count). The number of aryl methyl sites for hydroxylation is 1. The normalized spacial score (nSPS) is 12.2. The second-order valence-corrected chi connectivity index (χ2v) is 3.31. The molecule has 0 aliphatic rings. The van der Waals surface area contributed by atoms with Gasteiger partial charge >= 0.3 is 0 Å². The van der Waals surface area contributed by atoms with Gasteiger partial charge in [0.2, 0.25) is 0 Å². The lowest BCUT2D eigenvalue weighted by Gasteiger charge is -2.09. The molecule has 0 saturated heterocycles. The number of rotatable bonds is 3. The van der Waals surface area contributed by atoms with Crippen molar-refractivity contribution in [3.8, 4) is 5.75 Å². The van der Waals surface area contributed by atoms with Crippen molar-refractivity contribution in [3.63, 3.8) is 0 Å². The molecule has 1 aromatic rings. The summed E-state index contributed by atoms with van der Waals surface area (Å²) in [6.07, 6.45) is 1.94. The van der Waals surface area contributed by atoms with Gasteiger partial charge in [-0.25, -0.2) is 0 Å². The highest BCUT2D eigenvalue weighted by molar-refractivity contribution is 5.36. The molecule has 0 fully saturated rings. The fourth-order valence-electron chi connectivity index (χ4n) is 1.29. The van der Waals surface area contributed by atoms with E-state index in [1.807, 2.05) is 12.1 Å². The van der Waals surface area contributed by atoms with Crippen LogP contribution in [0.5, 0.6) is 5.75 Å². The highest BCUT2D eigenvalue weighted by Gasteiger charge is 2.03. The highest BCUT2D eigenvalue weighted by atomic mass is 16.5. The van der Waals surface area contributed by atoms with Crippen molar-refractivity contribution in [3.05, 3.63) is 42.0 Å². The fraction of sp³-hybridized carbons (Fsp3) is 0.333. The highest BCUT2D eigenvalue weighted by Crippen LogP contribution is 2.23. The summed E-state index contributed by atoms with van der Waals surface area (Å²) in [6.45, 7) is 7.98. The molecular formula is C12H16O. The van der Waals surface area contributed by atoms with Gasteiger partial charge in [0.05, 0.1) is 7.11 Å². The van der Waals surface area contributed by atoms with Crippen molar-refractivity contribution < 1.29 is 4.74 Å². The summed E-state index contributed by atoms with van der Waals surface area (Å²) < 4.78 is 5.20. The van der Waals surface area contributed by atoms with E-state index < -0.39 is 0 Å². The molecule has 0 saturated carbocycles. The third kappa shape index (κ3) is 2.35. The first kappa shape index (κ1) is 9.85. The number of ether oxygens (including phenoxy) is 1. The maximum atomic E-state index is 5.20. The van der Waals surface area contributed by atoms with Gasteiger partial charge in [0.15, 0.2) is 0 Å². The van der Waals surface area contributed by atoms with Crippen LogP contribution < -0.4 is 4.74 Å². The summed E-state index contributed by atoms with van der Waals surface area (Å²) in [5.74, 6) is 1.30. The first-order valence-electron chi connectivity index (χ1n) is 4.45. The maximum Gasteiger partial charge on any atom is 0.119 e. The number of benzene rings is 1. The summed E-state index contributed by atoms with van der Waals surface area (Å²) in [5, 5.41) is 0. The summed E-state index contributed by atoms with van der Waals surface area (Å²) in [5.41, 5.74) is 2.48. The summed E-state index contributed by atoms with van der Waals surface area (Å²) in [7, 11) is 1.69. The number of hydrogen-bond acceptors (Lipinski definition) is 1. The molecule has 0 aromatic heterocycles. The molecule has 1 heteroatoms. The molecule has 0 radical (unpaired) electrons. The molecule has 1 nitrogen and oxygen atoms in total. The van der Waals surface area contributed by atoms with Gasteiger partial charge in [0.25, 0.3) is 0 Å². The summed E-state index contributed by atoms with van der Waals surface area (Å²) in [6, 6.07) is 6.24. The zero-order valence-corrected chi connectivity index (χ0v) is 8.50. The minimum absolute atomic E-state index is 0.383. The van der Waals surface area contributed by atoms with Gasteiger partial charge in [-0.05, 0) is 36.1 Å². The lowest BCUT2D eigenvalue weighted by Crippen LogP contribution is -1.92. The average Bonchev–Trinajstić information content (AvgIpc) is 2.15. The standard InChI is InChI=1S/C12H16O/c1-5-10(3)11-6-9(2)7-12(8-11)13-4/h5-8,10H,1H2,2-4H3. The van der Waals surface area contributed by atoms with Crippen molar-refractivity contribution in [1.29, 1.82) is 0 Å². The lowest BCUT2D eigenvalue weighted by molar-refractivity contribution is 0.414. The first-order valence-corrected chi connectivity index (χ1v) is 4.45. The van der Waals surface area contributed by atoms with Crippen LogP contribution in [0.15, 0.2) is 30.9 Å². The predicted octanol–water partition coefficient (Wildman–Crippen LogP) is 3.29. The van der Waals surface area contributed by atoms with Crippen molar-refractivity contribution in [2.24, 2.45) is 0 Å².